The smallest absolute Gasteiger partial charge is 0.126 e. The van der Waals surface area contributed by atoms with E-state index in [4.69, 9.17) is 10.5 Å². The van der Waals surface area contributed by atoms with Crippen molar-refractivity contribution in [2.45, 2.75) is 45.4 Å². The Morgan fingerprint density at radius 2 is 2.50 bits per heavy atom. The predicted molar refractivity (Wildman–Crippen MR) is 63.0 cm³/mol. The maximum atomic E-state index is 6.30. The summed E-state index contributed by atoms with van der Waals surface area (Å²) in [4.78, 5) is 4.40. The first-order valence-electron chi connectivity index (χ1n) is 6.12. The minimum absolute atomic E-state index is 0.000880. The van der Waals surface area contributed by atoms with E-state index >= 15 is 0 Å². The van der Waals surface area contributed by atoms with Gasteiger partial charge >= 0.3 is 0 Å². The molecule has 2 rings (SSSR count). The van der Waals surface area contributed by atoms with Crippen LogP contribution < -0.4 is 5.73 Å². The SMILES string of the molecule is CCCn1ccnc1C(N)C1CCOC1C. The van der Waals surface area contributed by atoms with E-state index < -0.39 is 0 Å². The Bertz CT molecular complexity index is 337. The molecule has 4 nitrogen and oxygen atoms in total. The number of hydrogen-bond donors (Lipinski definition) is 1. The number of aryl methyl sites for hydroxylation is 1. The third-order valence-corrected chi connectivity index (χ3v) is 3.41. The average molecular weight is 223 g/mol. The maximum Gasteiger partial charge on any atom is 0.126 e. The van der Waals surface area contributed by atoms with Crippen molar-refractivity contribution in [2.24, 2.45) is 11.7 Å². The molecule has 0 saturated carbocycles. The summed E-state index contributed by atoms with van der Waals surface area (Å²) in [6.07, 6.45) is 6.25. The van der Waals surface area contributed by atoms with Crippen LogP contribution in [0.25, 0.3) is 0 Å². The largest absolute Gasteiger partial charge is 0.378 e. The molecular formula is C12H21N3O. The topological polar surface area (TPSA) is 53.1 Å². The van der Waals surface area contributed by atoms with Crippen LogP contribution in [0.15, 0.2) is 12.4 Å². The van der Waals surface area contributed by atoms with Crippen molar-refractivity contribution in [3.05, 3.63) is 18.2 Å². The van der Waals surface area contributed by atoms with Gasteiger partial charge in [-0.1, -0.05) is 6.92 Å². The van der Waals surface area contributed by atoms with E-state index in [9.17, 15) is 0 Å². The first-order chi connectivity index (χ1) is 7.74. The molecule has 0 aliphatic carbocycles. The second kappa shape index (κ2) is 4.97. The number of rotatable bonds is 4. The zero-order valence-electron chi connectivity index (χ0n) is 10.1. The minimum atomic E-state index is -0.000880. The molecule has 2 heterocycles. The average Bonchev–Trinajstić information content (AvgIpc) is 2.87. The molecule has 0 bridgehead atoms. The monoisotopic (exact) mass is 223 g/mol. The van der Waals surface area contributed by atoms with E-state index in [-0.39, 0.29) is 12.1 Å². The zero-order valence-corrected chi connectivity index (χ0v) is 10.1. The summed E-state index contributed by atoms with van der Waals surface area (Å²) >= 11 is 0. The van der Waals surface area contributed by atoms with Gasteiger partial charge in [0, 0.05) is 31.5 Å². The van der Waals surface area contributed by atoms with Gasteiger partial charge in [0.25, 0.3) is 0 Å². The molecule has 1 fully saturated rings. The van der Waals surface area contributed by atoms with Gasteiger partial charge in [0.05, 0.1) is 12.1 Å². The molecule has 3 atom stereocenters. The Morgan fingerprint density at radius 1 is 1.69 bits per heavy atom. The Balaban J connectivity index is 2.13. The summed E-state index contributed by atoms with van der Waals surface area (Å²) < 4.78 is 7.73. The molecule has 1 saturated heterocycles. The van der Waals surface area contributed by atoms with Crippen molar-refractivity contribution in [3.63, 3.8) is 0 Å². The second-order valence-corrected chi connectivity index (χ2v) is 4.53. The Morgan fingerprint density at radius 3 is 3.12 bits per heavy atom. The van der Waals surface area contributed by atoms with Gasteiger partial charge in [-0.15, -0.1) is 0 Å². The zero-order chi connectivity index (χ0) is 11.5. The summed E-state index contributed by atoms with van der Waals surface area (Å²) in [5, 5.41) is 0. The normalized spacial score (nSPS) is 27.2. The van der Waals surface area contributed by atoms with Gasteiger partial charge in [-0.2, -0.15) is 0 Å². The lowest BCUT2D eigenvalue weighted by molar-refractivity contribution is 0.0983. The third kappa shape index (κ3) is 2.13. The van der Waals surface area contributed by atoms with Gasteiger partial charge in [0.2, 0.25) is 0 Å². The Kier molecular flexibility index (Phi) is 3.61. The predicted octanol–water partition coefficient (Wildman–Crippen LogP) is 1.72. The molecule has 4 heteroatoms. The highest BCUT2D eigenvalue weighted by Gasteiger charge is 2.32. The fourth-order valence-corrected chi connectivity index (χ4v) is 2.46. The molecule has 1 aliphatic heterocycles. The highest BCUT2D eigenvalue weighted by molar-refractivity contribution is 5.02. The molecule has 1 aromatic heterocycles. The molecule has 90 valence electrons. The summed E-state index contributed by atoms with van der Waals surface area (Å²) in [6, 6.07) is -0.000880. The highest BCUT2D eigenvalue weighted by Crippen LogP contribution is 2.30. The molecule has 2 N–H and O–H groups in total. The van der Waals surface area contributed by atoms with Crippen molar-refractivity contribution >= 4 is 0 Å². The first-order valence-corrected chi connectivity index (χ1v) is 6.12. The number of hydrogen-bond acceptors (Lipinski definition) is 3. The van der Waals surface area contributed by atoms with Crippen LogP contribution in [0.4, 0.5) is 0 Å². The second-order valence-electron chi connectivity index (χ2n) is 4.53. The minimum Gasteiger partial charge on any atom is -0.378 e. The lowest BCUT2D eigenvalue weighted by Gasteiger charge is -2.22. The van der Waals surface area contributed by atoms with Crippen molar-refractivity contribution in [3.8, 4) is 0 Å². The van der Waals surface area contributed by atoms with Crippen LogP contribution in [0.3, 0.4) is 0 Å². The van der Waals surface area contributed by atoms with E-state index in [0.29, 0.717) is 5.92 Å². The van der Waals surface area contributed by atoms with Crippen LogP contribution in [0, 0.1) is 5.92 Å². The molecule has 0 radical (unpaired) electrons. The van der Waals surface area contributed by atoms with Crippen LogP contribution in [0.5, 0.6) is 0 Å². The van der Waals surface area contributed by atoms with Crippen LogP contribution >= 0.6 is 0 Å². The van der Waals surface area contributed by atoms with Crippen molar-refractivity contribution in [1.82, 2.24) is 9.55 Å². The van der Waals surface area contributed by atoms with Crippen LogP contribution in [0.2, 0.25) is 0 Å². The van der Waals surface area contributed by atoms with Crippen molar-refractivity contribution in [1.29, 1.82) is 0 Å². The van der Waals surface area contributed by atoms with Crippen molar-refractivity contribution in [2.75, 3.05) is 6.61 Å². The fourth-order valence-electron chi connectivity index (χ4n) is 2.46. The summed E-state index contributed by atoms with van der Waals surface area (Å²) in [7, 11) is 0. The Hall–Kier alpha value is -0.870. The maximum absolute atomic E-state index is 6.30. The molecule has 3 unspecified atom stereocenters. The molecule has 0 aromatic carbocycles. The van der Waals surface area contributed by atoms with Crippen LogP contribution in [-0.2, 0) is 11.3 Å². The third-order valence-electron chi connectivity index (χ3n) is 3.41. The van der Waals surface area contributed by atoms with Gasteiger partial charge in [0.1, 0.15) is 5.82 Å². The first kappa shape index (κ1) is 11.6. The number of ether oxygens (including phenoxy) is 1. The van der Waals surface area contributed by atoms with Gasteiger partial charge in [0.15, 0.2) is 0 Å². The van der Waals surface area contributed by atoms with Crippen molar-refractivity contribution < 1.29 is 4.74 Å². The van der Waals surface area contributed by atoms with Gasteiger partial charge in [-0.25, -0.2) is 4.98 Å². The van der Waals surface area contributed by atoms with Gasteiger partial charge in [-0.3, -0.25) is 0 Å². The van der Waals surface area contributed by atoms with E-state index in [2.05, 4.69) is 23.4 Å². The fraction of sp³-hybridized carbons (Fsp3) is 0.750. The number of nitrogens with zero attached hydrogens (tertiary/aromatic N) is 2. The number of nitrogens with two attached hydrogens (primary N) is 1. The number of aromatic nitrogens is 2. The Labute approximate surface area is 96.8 Å². The van der Waals surface area contributed by atoms with Gasteiger partial charge in [-0.05, 0) is 19.8 Å². The van der Waals surface area contributed by atoms with E-state index in [1.807, 2.05) is 12.4 Å². The molecule has 0 amide bonds. The lowest BCUT2D eigenvalue weighted by atomic mass is 9.93. The van der Waals surface area contributed by atoms with E-state index in [1.165, 1.54) is 0 Å². The highest BCUT2D eigenvalue weighted by atomic mass is 16.5. The summed E-state index contributed by atoms with van der Waals surface area (Å²) in [5.74, 6) is 1.40. The lowest BCUT2D eigenvalue weighted by Crippen LogP contribution is -2.29. The standard InChI is InChI=1S/C12H21N3O/c1-3-6-15-7-5-14-12(15)11(13)10-4-8-16-9(10)2/h5,7,9-11H,3-4,6,8,13H2,1-2H3. The van der Waals surface area contributed by atoms with E-state index in [1.54, 1.807) is 0 Å². The van der Waals surface area contributed by atoms with Crippen LogP contribution in [-0.4, -0.2) is 22.3 Å². The quantitative estimate of drug-likeness (QED) is 0.845. The molecule has 0 spiro atoms. The summed E-state index contributed by atoms with van der Waals surface area (Å²) in [5.41, 5.74) is 6.30. The molecular weight excluding hydrogens is 202 g/mol. The number of imidazole rings is 1. The van der Waals surface area contributed by atoms with Crippen LogP contribution in [0.1, 0.15) is 38.6 Å². The van der Waals surface area contributed by atoms with E-state index in [0.717, 1.165) is 31.8 Å². The van der Waals surface area contributed by atoms with Gasteiger partial charge < -0.3 is 15.0 Å². The molecule has 16 heavy (non-hydrogen) atoms. The summed E-state index contributed by atoms with van der Waals surface area (Å²) in [6.45, 7) is 6.08. The molecule has 1 aromatic rings. The molecule has 1 aliphatic rings.